The minimum Gasteiger partial charge on any atom is -0.490 e. The van der Waals surface area contributed by atoms with Gasteiger partial charge in [0.2, 0.25) is 10.0 Å². The number of ether oxygens (including phenoxy) is 1. The van der Waals surface area contributed by atoms with Crippen LogP contribution in [0.4, 0.5) is 5.69 Å². The molecule has 0 saturated carbocycles. The molecule has 1 atom stereocenters. The van der Waals surface area contributed by atoms with Crippen LogP contribution in [0.1, 0.15) is 28.9 Å². The first-order valence-electron chi connectivity index (χ1n) is 7.39. The van der Waals surface area contributed by atoms with Crippen LogP contribution in [0.25, 0.3) is 0 Å². The van der Waals surface area contributed by atoms with E-state index < -0.39 is 26.9 Å². The maximum absolute atomic E-state index is 12.3. The molecule has 0 aliphatic heterocycles. The number of nitro groups is 1. The van der Waals surface area contributed by atoms with Gasteiger partial charge in [-0.05, 0) is 36.8 Å². The van der Waals surface area contributed by atoms with Crippen LogP contribution in [-0.4, -0.2) is 26.4 Å². The Bertz CT molecular complexity index is 941. The van der Waals surface area contributed by atoms with Crippen LogP contribution in [0, 0.1) is 10.1 Å². The van der Waals surface area contributed by atoms with E-state index in [0.717, 1.165) is 6.07 Å². The summed E-state index contributed by atoms with van der Waals surface area (Å²) in [7, 11) is -2.49. The van der Waals surface area contributed by atoms with Crippen LogP contribution in [0.15, 0.2) is 47.4 Å². The number of benzene rings is 2. The topological polar surface area (TPSA) is 142 Å². The number of nitrogens with zero attached hydrogens (tertiary/aromatic N) is 1. The molecule has 0 aliphatic carbocycles. The predicted octanol–water partition coefficient (Wildman–Crippen LogP) is 1.74. The molecule has 138 valence electrons. The van der Waals surface area contributed by atoms with Gasteiger partial charge in [0.1, 0.15) is 0 Å². The summed E-state index contributed by atoms with van der Waals surface area (Å²) in [5.74, 6) is -0.461. The molecule has 0 bridgehead atoms. The first-order valence-corrected chi connectivity index (χ1v) is 8.94. The van der Waals surface area contributed by atoms with Gasteiger partial charge in [-0.25, -0.2) is 13.6 Å². The number of nitrogens with two attached hydrogens (primary N) is 1. The molecule has 0 radical (unpaired) electrons. The molecule has 0 unspecified atom stereocenters. The Kier molecular flexibility index (Phi) is 5.58. The van der Waals surface area contributed by atoms with E-state index in [-0.39, 0.29) is 21.9 Å². The lowest BCUT2D eigenvalue weighted by Gasteiger charge is -2.15. The molecule has 0 aliphatic rings. The summed E-state index contributed by atoms with van der Waals surface area (Å²) < 4.78 is 27.4. The third kappa shape index (κ3) is 4.35. The third-order valence-electron chi connectivity index (χ3n) is 3.69. The summed E-state index contributed by atoms with van der Waals surface area (Å²) >= 11 is 0. The standard InChI is InChI=1S/C16H17N3O6S/c1-10(11-3-6-13(7-4-11)26(17,23)24)18-16(20)12-5-8-15(25-2)14(9-12)19(21)22/h3-10H,1-2H3,(H,18,20)(H2,17,23,24)/t10-/m1/s1. The number of carbonyl (C=O) groups excluding carboxylic acids is 1. The second-order valence-corrected chi connectivity index (χ2v) is 7.01. The zero-order valence-corrected chi connectivity index (χ0v) is 14.8. The van der Waals surface area contributed by atoms with Crippen molar-refractivity contribution < 1.29 is 22.9 Å². The zero-order valence-electron chi connectivity index (χ0n) is 14.0. The lowest BCUT2D eigenvalue weighted by atomic mass is 10.1. The van der Waals surface area contributed by atoms with Crippen molar-refractivity contribution in [3.63, 3.8) is 0 Å². The number of nitro benzene ring substituents is 1. The smallest absolute Gasteiger partial charge is 0.311 e. The highest BCUT2D eigenvalue weighted by Gasteiger charge is 2.19. The molecule has 0 saturated heterocycles. The average molecular weight is 379 g/mol. The van der Waals surface area contributed by atoms with Gasteiger partial charge in [0.05, 0.1) is 23.0 Å². The second kappa shape index (κ2) is 7.50. The summed E-state index contributed by atoms with van der Waals surface area (Å²) in [6, 6.07) is 9.17. The van der Waals surface area contributed by atoms with Crippen molar-refractivity contribution in [2.75, 3.05) is 7.11 Å². The number of sulfonamides is 1. The van der Waals surface area contributed by atoms with Crippen molar-refractivity contribution in [2.45, 2.75) is 17.9 Å². The molecule has 0 heterocycles. The number of primary sulfonamides is 1. The van der Waals surface area contributed by atoms with Crippen molar-refractivity contribution in [1.82, 2.24) is 5.32 Å². The Morgan fingerprint density at radius 2 is 1.85 bits per heavy atom. The van der Waals surface area contributed by atoms with E-state index >= 15 is 0 Å². The molecule has 0 aromatic heterocycles. The van der Waals surface area contributed by atoms with Gasteiger partial charge in [0.15, 0.2) is 5.75 Å². The van der Waals surface area contributed by atoms with Crippen LogP contribution in [0.2, 0.25) is 0 Å². The van der Waals surface area contributed by atoms with Crippen molar-refractivity contribution in [3.8, 4) is 5.75 Å². The van der Waals surface area contributed by atoms with Gasteiger partial charge in [-0.15, -0.1) is 0 Å². The maximum Gasteiger partial charge on any atom is 0.311 e. The second-order valence-electron chi connectivity index (χ2n) is 5.45. The van der Waals surface area contributed by atoms with Gasteiger partial charge >= 0.3 is 5.69 Å². The van der Waals surface area contributed by atoms with E-state index in [0.29, 0.717) is 5.56 Å². The molecule has 2 aromatic rings. The molecule has 9 nitrogen and oxygen atoms in total. The van der Waals surface area contributed by atoms with E-state index in [2.05, 4.69) is 5.32 Å². The molecule has 10 heteroatoms. The molecule has 1 amide bonds. The Morgan fingerprint density at radius 1 is 1.23 bits per heavy atom. The van der Waals surface area contributed by atoms with Gasteiger partial charge in [-0.3, -0.25) is 14.9 Å². The van der Waals surface area contributed by atoms with Crippen LogP contribution in [-0.2, 0) is 10.0 Å². The maximum atomic E-state index is 12.3. The summed E-state index contributed by atoms with van der Waals surface area (Å²) in [6.07, 6.45) is 0. The first kappa shape index (κ1) is 19.3. The van der Waals surface area contributed by atoms with E-state index in [4.69, 9.17) is 9.88 Å². The van der Waals surface area contributed by atoms with E-state index in [1.165, 1.54) is 43.5 Å². The van der Waals surface area contributed by atoms with E-state index in [1.807, 2.05) is 0 Å². The molecule has 3 N–H and O–H groups in total. The number of hydrogen-bond donors (Lipinski definition) is 2. The average Bonchev–Trinajstić information content (AvgIpc) is 2.60. The van der Waals surface area contributed by atoms with Gasteiger partial charge < -0.3 is 10.1 Å². The fourth-order valence-electron chi connectivity index (χ4n) is 2.28. The summed E-state index contributed by atoms with van der Waals surface area (Å²) in [6.45, 7) is 1.70. The highest BCUT2D eigenvalue weighted by atomic mass is 32.2. The number of hydrogen-bond acceptors (Lipinski definition) is 6. The minimum atomic E-state index is -3.79. The molecule has 2 aromatic carbocycles. The first-order chi connectivity index (χ1) is 12.1. The quantitative estimate of drug-likeness (QED) is 0.578. The predicted molar refractivity (Wildman–Crippen MR) is 93.3 cm³/mol. The van der Waals surface area contributed by atoms with Crippen LogP contribution in [0.5, 0.6) is 5.75 Å². The van der Waals surface area contributed by atoms with Gasteiger partial charge in [0.25, 0.3) is 5.91 Å². The van der Waals surface area contributed by atoms with Crippen molar-refractivity contribution in [3.05, 3.63) is 63.7 Å². The molecule has 0 spiro atoms. The number of methoxy groups -OCH3 is 1. The number of amides is 1. The molecular weight excluding hydrogens is 362 g/mol. The lowest BCUT2D eigenvalue weighted by Crippen LogP contribution is -2.26. The Labute approximate surface area is 150 Å². The SMILES string of the molecule is COc1ccc(C(=O)N[C@H](C)c2ccc(S(N)(=O)=O)cc2)cc1[N+](=O)[O-]. The van der Waals surface area contributed by atoms with Gasteiger partial charge in [-0.2, -0.15) is 0 Å². The minimum absolute atomic E-state index is 0.0365. The fourth-order valence-corrected chi connectivity index (χ4v) is 2.80. The van der Waals surface area contributed by atoms with Crippen molar-refractivity contribution >= 4 is 21.6 Å². The van der Waals surface area contributed by atoms with Crippen molar-refractivity contribution in [1.29, 1.82) is 0 Å². The number of nitrogens with one attached hydrogen (secondary N) is 1. The molecule has 2 rings (SSSR count). The number of carbonyl (C=O) groups is 1. The molecule has 0 fully saturated rings. The normalized spacial score (nSPS) is 12.3. The van der Waals surface area contributed by atoms with E-state index in [1.54, 1.807) is 6.92 Å². The molecular formula is C16H17N3O6S. The third-order valence-corrected chi connectivity index (χ3v) is 4.62. The largest absolute Gasteiger partial charge is 0.490 e. The van der Waals surface area contributed by atoms with Gasteiger partial charge in [-0.1, -0.05) is 12.1 Å². The van der Waals surface area contributed by atoms with Crippen LogP contribution in [0.3, 0.4) is 0 Å². The summed E-state index contributed by atoms with van der Waals surface area (Å²) in [4.78, 5) is 22.7. The van der Waals surface area contributed by atoms with Gasteiger partial charge in [0, 0.05) is 11.6 Å². The Morgan fingerprint density at radius 3 is 2.35 bits per heavy atom. The van der Waals surface area contributed by atoms with Crippen LogP contribution < -0.4 is 15.2 Å². The van der Waals surface area contributed by atoms with Crippen molar-refractivity contribution in [2.24, 2.45) is 5.14 Å². The Balaban J connectivity index is 2.19. The highest BCUT2D eigenvalue weighted by Crippen LogP contribution is 2.27. The fraction of sp³-hybridized carbons (Fsp3) is 0.188. The monoisotopic (exact) mass is 379 g/mol. The summed E-state index contributed by atoms with van der Waals surface area (Å²) in [5, 5.41) is 18.8. The molecule has 26 heavy (non-hydrogen) atoms. The highest BCUT2D eigenvalue weighted by molar-refractivity contribution is 7.89. The Hall–Kier alpha value is -2.98. The number of rotatable bonds is 6. The summed E-state index contributed by atoms with van der Waals surface area (Å²) in [5.41, 5.74) is 0.435. The lowest BCUT2D eigenvalue weighted by molar-refractivity contribution is -0.385. The zero-order chi connectivity index (χ0) is 19.5. The van der Waals surface area contributed by atoms with Crippen LogP contribution >= 0.6 is 0 Å². The van der Waals surface area contributed by atoms with E-state index in [9.17, 15) is 23.3 Å².